The fourth-order valence-corrected chi connectivity index (χ4v) is 2.37. The fraction of sp³-hybridized carbons (Fsp3) is 0.381. The van der Waals surface area contributed by atoms with Crippen LogP contribution in [-0.2, 0) is 10.8 Å². The van der Waals surface area contributed by atoms with Crippen LogP contribution in [0, 0.1) is 0 Å². The van der Waals surface area contributed by atoms with E-state index >= 15 is 0 Å². The summed E-state index contributed by atoms with van der Waals surface area (Å²) in [5.41, 5.74) is 2.07. The molecule has 3 heteroatoms. The van der Waals surface area contributed by atoms with E-state index in [2.05, 4.69) is 47.6 Å². The molecule has 0 atom stereocenters. The van der Waals surface area contributed by atoms with Crippen LogP contribution >= 0.6 is 0 Å². The molecule has 0 bridgehead atoms. The Labute approximate surface area is 144 Å². The standard InChI is InChI=1S/C21H26O3/c1-20(2,3)15-12-13-18(17(14-15)21(4,5)6)24-19(22)23-16-10-8-7-9-11-16/h7-14H,1-6H3. The molecule has 0 amide bonds. The Morgan fingerprint density at radius 2 is 1.42 bits per heavy atom. The molecule has 0 aliphatic heterocycles. The van der Waals surface area contributed by atoms with Crippen LogP contribution in [-0.4, -0.2) is 6.16 Å². The normalized spacial score (nSPS) is 11.9. The molecule has 2 aromatic carbocycles. The summed E-state index contributed by atoms with van der Waals surface area (Å²) in [6.45, 7) is 12.8. The summed E-state index contributed by atoms with van der Waals surface area (Å²) in [5.74, 6) is 1.00. The maximum Gasteiger partial charge on any atom is 0.519 e. The van der Waals surface area contributed by atoms with E-state index < -0.39 is 6.16 Å². The van der Waals surface area contributed by atoms with E-state index in [4.69, 9.17) is 9.47 Å². The van der Waals surface area contributed by atoms with Gasteiger partial charge in [0, 0.05) is 5.56 Å². The summed E-state index contributed by atoms with van der Waals surface area (Å²) in [6, 6.07) is 14.9. The minimum atomic E-state index is -0.727. The van der Waals surface area contributed by atoms with Gasteiger partial charge in [-0.05, 0) is 34.6 Å². The molecule has 2 aromatic rings. The monoisotopic (exact) mass is 326 g/mol. The largest absolute Gasteiger partial charge is 0.519 e. The van der Waals surface area contributed by atoms with Crippen LogP contribution in [0.1, 0.15) is 52.7 Å². The number of para-hydroxylation sites is 1. The van der Waals surface area contributed by atoms with Crippen LogP contribution in [0.25, 0.3) is 0 Å². The third-order valence-corrected chi connectivity index (χ3v) is 3.79. The van der Waals surface area contributed by atoms with Gasteiger partial charge in [-0.1, -0.05) is 71.9 Å². The molecule has 2 rings (SSSR count). The first-order valence-electron chi connectivity index (χ1n) is 8.17. The SMILES string of the molecule is CC(C)(C)c1ccc(OC(=O)Oc2ccccc2)c(C(C)(C)C)c1. The summed E-state index contributed by atoms with van der Waals surface area (Å²) in [4.78, 5) is 12.1. The highest BCUT2D eigenvalue weighted by Crippen LogP contribution is 2.35. The fourth-order valence-electron chi connectivity index (χ4n) is 2.37. The molecule has 0 radical (unpaired) electrons. The highest BCUT2D eigenvalue weighted by atomic mass is 16.7. The van der Waals surface area contributed by atoms with E-state index in [1.165, 1.54) is 5.56 Å². The van der Waals surface area contributed by atoms with E-state index in [9.17, 15) is 4.79 Å². The van der Waals surface area contributed by atoms with Crippen molar-refractivity contribution in [2.75, 3.05) is 0 Å². The summed E-state index contributed by atoms with van der Waals surface area (Å²) in [7, 11) is 0. The van der Waals surface area contributed by atoms with E-state index in [1.807, 2.05) is 18.2 Å². The Kier molecular flexibility index (Phi) is 5.02. The molecule has 0 spiro atoms. The van der Waals surface area contributed by atoms with Gasteiger partial charge in [-0.3, -0.25) is 0 Å². The second-order valence-electron chi connectivity index (χ2n) is 7.98. The van der Waals surface area contributed by atoms with E-state index in [-0.39, 0.29) is 10.8 Å². The number of ether oxygens (including phenoxy) is 2. The minimum absolute atomic E-state index is 0.0308. The smallest absolute Gasteiger partial charge is 0.395 e. The van der Waals surface area contributed by atoms with Gasteiger partial charge in [0.05, 0.1) is 0 Å². The lowest BCUT2D eigenvalue weighted by Gasteiger charge is -2.26. The molecule has 0 aliphatic rings. The van der Waals surface area contributed by atoms with Gasteiger partial charge in [-0.2, -0.15) is 0 Å². The predicted octanol–water partition coefficient (Wildman–Crippen LogP) is 5.86. The topological polar surface area (TPSA) is 35.5 Å². The Balaban J connectivity index is 2.27. The van der Waals surface area contributed by atoms with Gasteiger partial charge in [-0.25, -0.2) is 4.79 Å². The Morgan fingerprint density at radius 1 is 0.792 bits per heavy atom. The van der Waals surface area contributed by atoms with Crippen molar-refractivity contribution in [1.82, 2.24) is 0 Å². The molecule has 3 nitrogen and oxygen atoms in total. The van der Waals surface area contributed by atoms with Gasteiger partial charge in [0.1, 0.15) is 11.5 Å². The van der Waals surface area contributed by atoms with Crippen molar-refractivity contribution in [2.45, 2.75) is 52.4 Å². The quantitative estimate of drug-likeness (QED) is 0.512. The molecular weight excluding hydrogens is 300 g/mol. The molecule has 0 heterocycles. The molecule has 0 aromatic heterocycles. The first-order chi connectivity index (χ1) is 11.1. The highest BCUT2D eigenvalue weighted by Gasteiger charge is 2.24. The Morgan fingerprint density at radius 3 is 1.96 bits per heavy atom. The van der Waals surface area contributed by atoms with Crippen LogP contribution in [0.5, 0.6) is 11.5 Å². The number of rotatable bonds is 2. The van der Waals surface area contributed by atoms with E-state index in [1.54, 1.807) is 24.3 Å². The summed E-state index contributed by atoms with van der Waals surface area (Å²) in [5, 5.41) is 0. The lowest BCUT2D eigenvalue weighted by molar-refractivity contribution is 0.151. The Hall–Kier alpha value is -2.29. The van der Waals surface area contributed by atoms with Crippen molar-refractivity contribution in [1.29, 1.82) is 0 Å². The first kappa shape index (κ1) is 18.1. The summed E-state index contributed by atoms with van der Waals surface area (Å²) in [6.07, 6.45) is -0.727. The summed E-state index contributed by atoms with van der Waals surface area (Å²) < 4.78 is 10.7. The van der Waals surface area contributed by atoms with Crippen molar-refractivity contribution >= 4 is 6.16 Å². The number of hydrogen-bond acceptors (Lipinski definition) is 3. The zero-order valence-corrected chi connectivity index (χ0v) is 15.3. The zero-order chi connectivity index (χ0) is 18.0. The zero-order valence-electron chi connectivity index (χ0n) is 15.3. The molecule has 0 aliphatic carbocycles. The molecule has 0 N–H and O–H groups in total. The average Bonchev–Trinajstić information content (AvgIpc) is 2.46. The third-order valence-electron chi connectivity index (χ3n) is 3.79. The van der Waals surface area contributed by atoms with Crippen LogP contribution in [0.2, 0.25) is 0 Å². The second-order valence-corrected chi connectivity index (χ2v) is 7.98. The van der Waals surface area contributed by atoms with Crippen LogP contribution in [0.3, 0.4) is 0 Å². The number of carbonyl (C=O) groups excluding carboxylic acids is 1. The Bertz CT molecular complexity index is 704. The second kappa shape index (κ2) is 6.68. The van der Waals surface area contributed by atoms with Crippen molar-refractivity contribution in [2.24, 2.45) is 0 Å². The molecule has 0 saturated heterocycles. The average molecular weight is 326 g/mol. The van der Waals surface area contributed by atoms with Crippen molar-refractivity contribution < 1.29 is 14.3 Å². The van der Waals surface area contributed by atoms with Crippen LogP contribution in [0.4, 0.5) is 4.79 Å². The van der Waals surface area contributed by atoms with Gasteiger partial charge in [0.15, 0.2) is 0 Å². The number of benzene rings is 2. The molecule has 0 saturated carbocycles. The highest BCUT2D eigenvalue weighted by molar-refractivity contribution is 5.68. The molecule has 0 fully saturated rings. The van der Waals surface area contributed by atoms with Gasteiger partial charge in [0.25, 0.3) is 0 Å². The number of hydrogen-bond donors (Lipinski definition) is 0. The predicted molar refractivity (Wildman–Crippen MR) is 96.9 cm³/mol. The van der Waals surface area contributed by atoms with Crippen LogP contribution < -0.4 is 9.47 Å². The third kappa shape index (κ3) is 4.60. The van der Waals surface area contributed by atoms with Gasteiger partial charge < -0.3 is 9.47 Å². The lowest BCUT2D eigenvalue weighted by atomic mass is 9.80. The van der Waals surface area contributed by atoms with Crippen LogP contribution in [0.15, 0.2) is 48.5 Å². The van der Waals surface area contributed by atoms with E-state index in [0.29, 0.717) is 11.5 Å². The van der Waals surface area contributed by atoms with Gasteiger partial charge in [-0.15, -0.1) is 0 Å². The number of carbonyl (C=O) groups is 1. The molecule has 128 valence electrons. The molecule has 24 heavy (non-hydrogen) atoms. The van der Waals surface area contributed by atoms with E-state index in [0.717, 1.165) is 5.56 Å². The minimum Gasteiger partial charge on any atom is -0.395 e. The maximum atomic E-state index is 12.1. The van der Waals surface area contributed by atoms with Crippen molar-refractivity contribution in [3.05, 3.63) is 59.7 Å². The maximum absolute atomic E-state index is 12.1. The first-order valence-corrected chi connectivity index (χ1v) is 8.17. The summed E-state index contributed by atoms with van der Waals surface area (Å²) >= 11 is 0. The van der Waals surface area contributed by atoms with Crippen molar-refractivity contribution in [3.63, 3.8) is 0 Å². The molecule has 0 unspecified atom stereocenters. The van der Waals surface area contributed by atoms with Crippen molar-refractivity contribution in [3.8, 4) is 11.5 Å². The molecular formula is C21H26O3. The lowest BCUT2D eigenvalue weighted by Crippen LogP contribution is -2.20. The van der Waals surface area contributed by atoms with Gasteiger partial charge >= 0.3 is 6.16 Å². The van der Waals surface area contributed by atoms with Gasteiger partial charge in [0.2, 0.25) is 0 Å².